The lowest BCUT2D eigenvalue weighted by atomic mass is 10.1. The number of carbonyl (C=O) groups excluding carboxylic acids is 1. The highest BCUT2D eigenvalue weighted by molar-refractivity contribution is 5.91. The number of fused-ring (bicyclic) bond motifs is 1. The van der Waals surface area contributed by atoms with Gasteiger partial charge in [0, 0.05) is 24.2 Å². The molecule has 4 rings (SSSR count). The van der Waals surface area contributed by atoms with Gasteiger partial charge in [-0.3, -0.25) is 9.36 Å². The van der Waals surface area contributed by atoms with Gasteiger partial charge in [-0.1, -0.05) is 42.5 Å². The molecule has 0 spiro atoms. The Bertz CT molecular complexity index is 1130. The maximum Gasteiger partial charge on any atom is 0.224 e. The van der Waals surface area contributed by atoms with Crippen LogP contribution in [-0.2, 0) is 11.2 Å². The number of benzene rings is 3. The predicted molar refractivity (Wildman–Crippen MR) is 114 cm³/mol. The van der Waals surface area contributed by atoms with Crippen LogP contribution in [-0.4, -0.2) is 15.5 Å². The first-order chi connectivity index (χ1) is 13.6. The summed E-state index contributed by atoms with van der Waals surface area (Å²) in [5.74, 6) is 0.892. The third-order valence-electron chi connectivity index (χ3n) is 5.10. The van der Waals surface area contributed by atoms with E-state index in [9.17, 15) is 4.79 Å². The second-order valence-corrected chi connectivity index (χ2v) is 6.98. The minimum absolute atomic E-state index is 0.000341. The third kappa shape index (κ3) is 3.54. The molecule has 1 aromatic heterocycles. The number of rotatable bonds is 5. The first-order valence-corrected chi connectivity index (χ1v) is 9.51. The van der Waals surface area contributed by atoms with Crippen LogP contribution >= 0.6 is 0 Å². The molecule has 0 aliphatic heterocycles. The average molecular weight is 369 g/mol. The van der Waals surface area contributed by atoms with Crippen LogP contribution in [0.25, 0.3) is 16.7 Å². The minimum atomic E-state index is 0.000341. The summed E-state index contributed by atoms with van der Waals surface area (Å²) in [6.45, 7) is 4.08. The van der Waals surface area contributed by atoms with Gasteiger partial charge in [0.1, 0.15) is 5.82 Å². The fourth-order valence-corrected chi connectivity index (χ4v) is 3.43. The van der Waals surface area contributed by atoms with Crippen molar-refractivity contribution >= 4 is 22.6 Å². The largest absolute Gasteiger partial charge is 0.326 e. The summed E-state index contributed by atoms with van der Waals surface area (Å²) in [5.41, 5.74) is 6.20. The van der Waals surface area contributed by atoms with Crippen molar-refractivity contribution < 1.29 is 4.79 Å². The standard InChI is InChI=1S/C24H23N3O/c1-17-9-8-13-20(18(17)2)26-24(28)16-15-23-25-21-12-6-7-14-22(21)27(23)19-10-4-3-5-11-19/h3-14H,15-16H2,1-2H3,(H,26,28). The van der Waals surface area contributed by atoms with E-state index in [4.69, 9.17) is 4.98 Å². The molecule has 28 heavy (non-hydrogen) atoms. The van der Waals surface area contributed by atoms with Gasteiger partial charge in [0.05, 0.1) is 11.0 Å². The van der Waals surface area contributed by atoms with Crippen molar-refractivity contribution in [3.63, 3.8) is 0 Å². The lowest BCUT2D eigenvalue weighted by molar-refractivity contribution is -0.116. The highest BCUT2D eigenvalue weighted by Gasteiger charge is 2.14. The molecule has 4 heteroatoms. The lowest BCUT2D eigenvalue weighted by Gasteiger charge is -2.11. The van der Waals surface area contributed by atoms with Crippen LogP contribution in [0.1, 0.15) is 23.4 Å². The highest BCUT2D eigenvalue weighted by atomic mass is 16.1. The summed E-state index contributed by atoms with van der Waals surface area (Å²) in [6, 6.07) is 24.2. The monoisotopic (exact) mass is 369 g/mol. The van der Waals surface area contributed by atoms with Crippen LogP contribution < -0.4 is 5.32 Å². The van der Waals surface area contributed by atoms with Gasteiger partial charge in [0.15, 0.2) is 0 Å². The van der Waals surface area contributed by atoms with Crippen LogP contribution in [0.2, 0.25) is 0 Å². The predicted octanol–water partition coefficient (Wildman–Crippen LogP) is 5.21. The molecule has 0 fully saturated rings. The van der Waals surface area contributed by atoms with Crippen molar-refractivity contribution in [3.8, 4) is 5.69 Å². The van der Waals surface area contributed by atoms with Crippen molar-refractivity contribution in [2.45, 2.75) is 26.7 Å². The molecular weight excluding hydrogens is 346 g/mol. The van der Waals surface area contributed by atoms with Crippen molar-refractivity contribution in [2.75, 3.05) is 5.32 Å². The first-order valence-electron chi connectivity index (χ1n) is 9.51. The van der Waals surface area contributed by atoms with E-state index in [2.05, 4.69) is 28.1 Å². The molecule has 0 aliphatic rings. The van der Waals surface area contributed by atoms with E-state index in [-0.39, 0.29) is 5.91 Å². The van der Waals surface area contributed by atoms with Crippen LogP contribution in [0.3, 0.4) is 0 Å². The molecule has 0 aliphatic carbocycles. The summed E-state index contributed by atoms with van der Waals surface area (Å²) >= 11 is 0. The van der Waals surface area contributed by atoms with Crippen molar-refractivity contribution in [1.29, 1.82) is 0 Å². The molecule has 1 heterocycles. The molecular formula is C24H23N3O. The number of nitrogens with one attached hydrogen (secondary N) is 1. The molecule has 1 N–H and O–H groups in total. The minimum Gasteiger partial charge on any atom is -0.326 e. The molecule has 0 atom stereocenters. The van der Waals surface area contributed by atoms with Gasteiger partial charge < -0.3 is 5.32 Å². The molecule has 4 nitrogen and oxygen atoms in total. The smallest absolute Gasteiger partial charge is 0.224 e. The van der Waals surface area contributed by atoms with E-state index in [1.807, 2.05) is 68.4 Å². The van der Waals surface area contributed by atoms with E-state index in [1.54, 1.807) is 0 Å². The molecule has 3 aromatic carbocycles. The zero-order chi connectivity index (χ0) is 19.5. The molecule has 0 radical (unpaired) electrons. The lowest BCUT2D eigenvalue weighted by Crippen LogP contribution is -2.14. The van der Waals surface area contributed by atoms with Crippen LogP contribution in [0.4, 0.5) is 5.69 Å². The van der Waals surface area contributed by atoms with Gasteiger partial charge in [-0.15, -0.1) is 0 Å². The quantitative estimate of drug-likeness (QED) is 0.525. The Hall–Kier alpha value is -3.40. The van der Waals surface area contributed by atoms with Crippen molar-refractivity contribution in [1.82, 2.24) is 9.55 Å². The Balaban J connectivity index is 1.58. The van der Waals surface area contributed by atoms with Crippen molar-refractivity contribution in [2.24, 2.45) is 0 Å². The van der Waals surface area contributed by atoms with Gasteiger partial charge >= 0.3 is 0 Å². The summed E-state index contributed by atoms with van der Waals surface area (Å²) < 4.78 is 2.14. The Labute approximate surface area is 164 Å². The second-order valence-electron chi connectivity index (χ2n) is 6.98. The fraction of sp³-hybridized carbons (Fsp3) is 0.167. The van der Waals surface area contributed by atoms with Crippen LogP contribution in [0, 0.1) is 13.8 Å². The number of hydrogen-bond donors (Lipinski definition) is 1. The third-order valence-corrected chi connectivity index (χ3v) is 5.10. The molecule has 0 saturated heterocycles. The summed E-state index contributed by atoms with van der Waals surface area (Å²) in [6.07, 6.45) is 0.948. The van der Waals surface area contributed by atoms with E-state index in [1.165, 1.54) is 5.56 Å². The van der Waals surface area contributed by atoms with Gasteiger partial charge in [-0.05, 0) is 55.3 Å². The summed E-state index contributed by atoms with van der Waals surface area (Å²) in [4.78, 5) is 17.3. The highest BCUT2D eigenvalue weighted by Crippen LogP contribution is 2.23. The number of imidazole rings is 1. The number of aryl methyl sites for hydroxylation is 2. The normalized spacial score (nSPS) is 10.9. The van der Waals surface area contributed by atoms with Gasteiger partial charge in [0.2, 0.25) is 5.91 Å². The first kappa shape index (κ1) is 18.0. The maximum atomic E-state index is 12.6. The molecule has 4 aromatic rings. The van der Waals surface area contributed by atoms with E-state index in [0.717, 1.165) is 33.8 Å². The molecule has 0 bridgehead atoms. The Morgan fingerprint density at radius 1 is 0.929 bits per heavy atom. The summed E-state index contributed by atoms with van der Waals surface area (Å²) in [7, 11) is 0. The number of aromatic nitrogens is 2. The topological polar surface area (TPSA) is 46.9 Å². The fourth-order valence-electron chi connectivity index (χ4n) is 3.43. The van der Waals surface area contributed by atoms with E-state index in [0.29, 0.717) is 12.8 Å². The Kier molecular flexibility index (Phi) is 4.94. The SMILES string of the molecule is Cc1cccc(NC(=O)CCc2nc3ccccc3n2-c2ccccc2)c1C. The number of para-hydroxylation sites is 3. The number of hydrogen-bond acceptors (Lipinski definition) is 2. The Morgan fingerprint density at radius 3 is 2.50 bits per heavy atom. The molecule has 140 valence electrons. The number of carbonyl (C=O) groups is 1. The number of anilines is 1. The summed E-state index contributed by atoms with van der Waals surface area (Å²) in [5, 5.41) is 3.04. The molecule has 1 amide bonds. The Morgan fingerprint density at radius 2 is 1.68 bits per heavy atom. The molecule has 0 saturated carbocycles. The van der Waals surface area contributed by atoms with Crippen LogP contribution in [0.5, 0.6) is 0 Å². The number of nitrogens with zero attached hydrogens (tertiary/aromatic N) is 2. The maximum absolute atomic E-state index is 12.6. The average Bonchev–Trinajstić information content (AvgIpc) is 3.09. The zero-order valence-electron chi connectivity index (χ0n) is 16.1. The van der Waals surface area contributed by atoms with Gasteiger partial charge in [-0.2, -0.15) is 0 Å². The second kappa shape index (κ2) is 7.69. The van der Waals surface area contributed by atoms with Gasteiger partial charge in [0.25, 0.3) is 0 Å². The number of amides is 1. The van der Waals surface area contributed by atoms with Crippen molar-refractivity contribution in [3.05, 3.63) is 89.7 Å². The van der Waals surface area contributed by atoms with Gasteiger partial charge in [-0.25, -0.2) is 4.98 Å². The van der Waals surface area contributed by atoms with E-state index >= 15 is 0 Å². The van der Waals surface area contributed by atoms with Crippen LogP contribution in [0.15, 0.2) is 72.8 Å². The zero-order valence-corrected chi connectivity index (χ0v) is 16.1. The van der Waals surface area contributed by atoms with E-state index < -0.39 is 0 Å². The molecule has 0 unspecified atom stereocenters.